The zero-order chi connectivity index (χ0) is 11.5. The average molecular weight is 206 g/mol. The average Bonchev–Trinajstić information content (AvgIpc) is 2.23. The Morgan fingerprint density at radius 3 is 2.93 bits per heavy atom. The molecule has 0 aromatic carbocycles. The molecule has 1 atom stereocenters. The molecule has 0 N–H and O–H groups in total. The summed E-state index contributed by atoms with van der Waals surface area (Å²) in [4.78, 5) is 23.5. The molecule has 3 heteroatoms. The third-order valence-electron chi connectivity index (χ3n) is 2.61. The first kappa shape index (κ1) is 11.5. The summed E-state index contributed by atoms with van der Waals surface area (Å²) in [6, 6.07) is 0. The van der Waals surface area contributed by atoms with Crippen molar-refractivity contribution in [3.05, 3.63) is 12.2 Å². The molecule has 3 nitrogen and oxygen atoms in total. The maximum Gasteiger partial charge on any atom is 0.332 e. The summed E-state index contributed by atoms with van der Waals surface area (Å²) in [5.41, 5.74) is -0.988. The first-order valence-electron chi connectivity index (χ1n) is 4.96. The Morgan fingerprint density at radius 1 is 1.73 bits per heavy atom. The lowest BCUT2D eigenvalue weighted by Gasteiger charge is -2.29. The van der Waals surface area contributed by atoms with Gasteiger partial charge in [-0.15, -0.1) is 6.42 Å². The Bertz CT molecular complexity index is 348. The van der Waals surface area contributed by atoms with E-state index in [9.17, 15) is 9.59 Å². The number of rotatable bonds is 2. The van der Waals surface area contributed by atoms with Crippen molar-refractivity contribution in [2.75, 3.05) is 6.61 Å². The Kier molecular flexibility index (Phi) is 3.31. The lowest BCUT2D eigenvalue weighted by Crippen LogP contribution is -2.42. The van der Waals surface area contributed by atoms with Gasteiger partial charge in [-0.05, 0) is 31.8 Å². The number of Topliss-reactive ketones (excluding diaryl/α,β-unsaturated/α-hetero) is 1. The van der Waals surface area contributed by atoms with Gasteiger partial charge in [0.1, 0.15) is 0 Å². The van der Waals surface area contributed by atoms with Crippen molar-refractivity contribution in [1.82, 2.24) is 0 Å². The second-order valence-electron chi connectivity index (χ2n) is 3.56. The van der Waals surface area contributed by atoms with Crippen molar-refractivity contribution < 1.29 is 14.3 Å². The number of ketones is 1. The summed E-state index contributed by atoms with van der Waals surface area (Å²) in [5.74, 6) is 1.33. The molecule has 1 unspecified atom stereocenters. The molecular formula is C12H14O3. The molecule has 1 saturated carbocycles. The summed E-state index contributed by atoms with van der Waals surface area (Å²) in [6.45, 7) is 5.54. The van der Waals surface area contributed by atoms with Crippen LogP contribution in [0.4, 0.5) is 0 Å². The van der Waals surface area contributed by atoms with Crippen molar-refractivity contribution in [3.63, 3.8) is 0 Å². The molecule has 80 valence electrons. The van der Waals surface area contributed by atoms with Crippen LogP contribution in [0.15, 0.2) is 12.2 Å². The summed E-state index contributed by atoms with van der Waals surface area (Å²) >= 11 is 0. The van der Waals surface area contributed by atoms with E-state index in [2.05, 4.69) is 12.5 Å². The zero-order valence-electron chi connectivity index (χ0n) is 8.84. The van der Waals surface area contributed by atoms with Gasteiger partial charge in [-0.2, -0.15) is 0 Å². The molecule has 1 rings (SSSR count). The van der Waals surface area contributed by atoms with Crippen LogP contribution < -0.4 is 0 Å². The van der Waals surface area contributed by atoms with E-state index in [4.69, 9.17) is 11.2 Å². The van der Waals surface area contributed by atoms with Gasteiger partial charge in [0.25, 0.3) is 0 Å². The smallest absolute Gasteiger partial charge is 0.332 e. The van der Waals surface area contributed by atoms with Gasteiger partial charge in [0.15, 0.2) is 11.2 Å². The van der Waals surface area contributed by atoms with Crippen molar-refractivity contribution in [2.24, 2.45) is 5.41 Å². The van der Waals surface area contributed by atoms with E-state index in [1.54, 1.807) is 6.92 Å². The molecule has 0 saturated heterocycles. The molecule has 0 spiro atoms. The molecule has 15 heavy (non-hydrogen) atoms. The Labute approximate surface area is 89.5 Å². The van der Waals surface area contributed by atoms with Crippen molar-refractivity contribution >= 4 is 11.8 Å². The molecule has 1 fully saturated rings. The molecule has 1 aliphatic carbocycles. The predicted molar refractivity (Wildman–Crippen MR) is 55.9 cm³/mol. The molecule has 0 bridgehead atoms. The van der Waals surface area contributed by atoms with Crippen molar-refractivity contribution in [2.45, 2.75) is 26.2 Å². The monoisotopic (exact) mass is 206 g/mol. The molecule has 0 aromatic rings. The molecular weight excluding hydrogens is 192 g/mol. The van der Waals surface area contributed by atoms with Crippen LogP contribution in [0.2, 0.25) is 0 Å². The van der Waals surface area contributed by atoms with Crippen molar-refractivity contribution in [3.8, 4) is 12.3 Å². The van der Waals surface area contributed by atoms with E-state index in [0.29, 0.717) is 24.8 Å². The van der Waals surface area contributed by atoms with E-state index in [-0.39, 0.29) is 12.4 Å². The highest BCUT2D eigenvalue weighted by Gasteiger charge is 2.48. The summed E-state index contributed by atoms with van der Waals surface area (Å²) in [6.07, 6.45) is 6.99. The van der Waals surface area contributed by atoms with E-state index in [1.807, 2.05) is 0 Å². The van der Waals surface area contributed by atoms with Gasteiger partial charge in [-0.3, -0.25) is 4.79 Å². The third-order valence-corrected chi connectivity index (χ3v) is 2.61. The fourth-order valence-corrected chi connectivity index (χ4v) is 1.74. The third kappa shape index (κ3) is 1.80. The van der Waals surface area contributed by atoms with E-state index in [0.717, 1.165) is 0 Å². The minimum absolute atomic E-state index is 0.224. The Hall–Kier alpha value is -1.56. The quantitative estimate of drug-likeness (QED) is 0.297. The molecule has 0 heterocycles. The maximum atomic E-state index is 11.9. The zero-order valence-corrected chi connectivity index (χ0v) is 8.84. The minimum Gasteiger partial charge on any atom is -0.465 e. The number of esters is 1. The lowest BCUT2D eigenvalue weighted by molar-refractivity contribution is -0.156. The Balaban J connectivity index is 3.03. The number of hydrogen-bond acceptors (Lipinski definition) is 3. The summed E-state index contributed by atoms with van der Waals surface area (Å²) in [7, 11) is 0. The normalized spacial score (nSPS) is 25.9. The van der Waals surface area contributed by atoms with Crippen LogP contribution in [0.1, 0.15) is 26.2 Å². The van der Waals surface area contributed by atoms with Crippen LogP contribution in [-0.2, 0) is 14.3 Å². The number of carbonyl (C=O) groups excluding carboxylic acids is 2. The molecule has 0 amide bonds. The Morgan fingerprint density at radius 2 is 2.40 bits per heavy atom. The molecule has 0 radical (unpaired) electrons. The van der Waals surface area contributed by atoms with E-state index < -0.39 is 11.4 Å². The van der Waals surface area contributed by atoms with Crippen LogP contribution in [0.5, 0.6) is 0 Å². The van der Waals surface area contributed by atoms with Gasteiger partial charge in [0.2, 0.25) is 0 Å². The molecule has 0 aliphatic heterocycles. The molecule has 1 aliphatic rings. The topological polar surface area (TPSA) is 43.4 Å². The SMILES string of the molecule is C#CC1(C(=O)OCC)CCCC(=C)C1=O. The highest BCUT2D eigenvalue weighted by atomic mass is 16.5. The van der Waals surface area contributed by atoms with Crippen LogP contribution >= 0.6 is 0 Å². The van der Waals surface area contributed by atoms with Gasteiger partial charge >= 0.3 is 5.97 Å². The van der Waals surface area contributed by atoms with Crippen LogP contribution in [0, 0.1) is 17.8 Å². The van der Waals surface area contributed by atoms with Crippen molar-refractivity contribution in [1.29, 1.82) is 0 Å². The second-order valence-corrected chi connectivity index (χ2v) is 3.56. The lowest BCUT2D eigenvalue weighted by atomic mass is 9.72. The fraction of sp³-hybridized carbons (Fsp3) is 0.500. The summed E-state index contributed by atoms with van der Waals surface area (Å²) in [5, 5.41) is 0. The molecule has 0 aromatic heterocycles. The number of hydrogen-bond donors (Lipinski definition) is 0. The first-order chi connectivity index (χ1) is 7.08. The number of terminal acetylenes is 1. The second kappa shape index (κ2) is 4.31. The van der Waals surface area contributed by atoms with Gasteiger partial charge in [-0.1, -0.05) is 12.5 Å². The standard InChI is InChI=1S/C12H14O3/c1-4-12(11(14)15-5-2)8-6-7-9(3)10(12)13/h1H,3,5-8H2,2H3. The van der Waals surface area contributed by atoms with Crippen LogP contribution in [-0.4, -0.2) is 18.4 Å². The van der Waals surface area contributed by atoms with E-state index >= 15 is 0 Å². The predicted octanol–water partition coefficient (Wildman–Crippen LogP) is 1.48. The minimum atomic E-state index is -1.41. The summed E-state index contributed by atoms with van der Waals surface area (Å²) < 4.78 is 4.85. The fourth-order valence-electron chi connectivity index (χ4n) is 1.74. The van der Waals surface area contributed by atoms with Gasteiger partial charge in [-0.25, -0.2) is 4.79 Å². The first-order valence-corrected chi connectivity index (χ1v) is 4.96. The number of allylic oxidation sites excluding steroid dienone is 1. The number of ether oxygens (including phenoxy) is 1. The van der Waals surface area contributed by atoms with Gasteiger partial charge in [0, 0.05) is 0 Å². The van der Waals surface area contributed by atoms with Gasteiger partial charge in [0.05, 0.1) is 6.61 Å². The van der Waals surface area contributed by atoms with Crippen LogP contribution in [0.3, 0.4) is 0 Å². The largest absolute Gasteiger partial charge is 0.465 e. The highest BCUT2D eigenvalue weighted by Crippen LogP contribution is 2.36. The van der Waals surface area contributed by atoms with E-state index in [1.165, 1.54) is 0 Å². The highest BCUT2D eigenvalue weighted by molar-refractivity contribution is 6.15. The number of carbonyl (C=O) groups is 2. The van der Waals surface area contributed by atoms with Gasteiger partial charge < -0.3 is 4.74 Å². The maximum absolute atomic E-state index is 11.9. The van der Waals surface area contributed by atoms with Crippen LogP contribution in [0.25, 0.3) is 0 Å².